The molecule has 0 aliphatic heterocycles. The SMILES string of the molecule is NC(=S)c1ccc(COCC(F)(F)C(F)F)c(F)c1. The van der Waals surface area contributed by atoms with Crippen LogP contribution >= 0.6 is 12.2 Å². The Morgan fingerprint density at radius 1 is 1.37 bits per heavy atom. The zero-order chi connectivity index (χ0) is 14.6. The highest BCUT2D eigenvalue weighted by molar-refractivity contribution is 7.80. The fourth-order valence-electron chi connectivity index (χ4n) is 1.18. The maximum atomic E-state index is 13.5. The largest absolute Gasteiger partial charge is 0.389 e. The summed E-state index contributed by atoms with van der Waals surface area (Å²) in [6.45, 7) is -2.03. The van der Waals surface area contributed by atoms with E-state index in [-0.39, 0.29) is 16.1 Å². The van der Waals surface area contributed by atoms with Crippen LogP contribution in [0.25, 0.3) is 0 Å². The van der Waals surface area contributed by atoms with E-state index in [9.17, 15) is 22.0 Å². The van der Waals surface area contributed by atoms with Crippen LogP contribution in [0.3, 0.4) is 0 Å². The van der Waals surface area contributed by atoms with Crippen LogP contribution in [0.5, 0.6) is 0 Å². The minimum absolute atomic E-state index is 0.0180. The van der Waals surface area contributed by atoms with Crippen molar-refractivity contribution >= 4 is 17.2 Å². The molecule has 0 aromatic heterocycles. The average Bonchev–Trinajstić information content (AvgIpc) is 2.30. The smallest absolute Gasteiger partial charge is 0.330 e. The normalized spacial score (nSPS) is 11.9. The Balaban J connectivity index is 2.62. The highest BCUT2D eigenvalue weighted by atomic mass is 32.1. The lowest BCUT2D eigenvalue weighted by atomic mass is 10.1. The number of benzene rings is 1. The van der Waals surface area contributed by atoms with E-state index in [1.165, 1.54) is 12.1 Å². The van der Waals surface area contributed by atoms with Crippen LogP contribution in [0, 0.1) is 5.82 Å². The molecule has 0 radical (unpaired) electrons. The van der Waals surface area contributed by atoms with Crippen molar-refractivity contribution in [3.05, 3.63) is 35.1 Å². The molecule has 0 heterocycles. The number of thiocarbonyl (C=S) groups is 1. The van der Waals surface area contributed by atoms with Crippen LogP contribution in [-0.2, 0) is 11.3 Å². The number of hydrogen-bond donors (Lipinski definition) is 1. The van der Waals surface area contributed by atoms with Crippen molar-refractivity contribution in [1.82, 2.24) is 0 Å². The van der Waals surface area contributed by atoms with Crippen LogP contribution < -0.4 is 5.73 Å². The van der Waals surface area contributed by atoms with Crippen LogP contribution in [0.4, 0.5) is 22.0 Å². The maximum absolute atomic E-state index is 13.5. The summed E-state index contributed by atoms with van der Waals surface area (Å²) in [4.78, 5) is -0.0180. The van der Waals surface area contributed by atoms with E-state index in [4.69, 9.17) is 5.73 Å². The number of ether oxygens (including phenoxy) is 1. The first kappa shape index (κ1) is 15.8. The Kier molecular flexibility index (Phi) is 5.19. The molecule has 0 unspecified atom stereocenters. The number of nitrogens with two attached hydrogens (primary N) is 1. The van der Waals surface area contributed by atoms with Crippen LogP contribution in [0.2, 0.25) is 0 Å². The summed E-state index contributed by atoms with van der Waals surface area (Å²) >= 11 is 4.63. The molecule has 1 aromatic carbocycles. The van der Waals surface area contributed by atoms with E-state index in [2.05, 4.69) is 17.0 Å². The van der Waals surface area contributed by atoms with Crippen molar-refractivity contribution in [2.75, 3.05) is 6.61 Å². The van der Waals surface area contributed by atoms with E-state index in [0.29, 0.717) is 0 Å². The molecule has 106 valence electrons. The molecule has 2 N–H and O–H groups in total. The van der Waals surface area contributed by atoms with E-state index in [1.54, 1.807) is 0 Å². The molecule has 1 aromatic rings. The molecule has 19 heavy (non-hydrogen) atoms. The van der Waals surface area contributed by atoms with Gasteiger partial charge in [0.15, 0.2) is 0 Å². The van der Waals surface area contributed by atoms with Gasteiger partial charge in [0.05, 0.1) is 6.61 Å². The second-order valence-electron chi connectivity index (χ2n) is 3.72. The molecule has 2 nitrogen and oxygen atoms in total. The van der Waals surface area contributed by atoms with Gasteiger partial charge < -0.3 is 10.5 Å². The topological polar surface area (TPSA) is 35.2 Å². The molecule has 8 heteroatoms. The lowest BCUT2D eigenvalue weighted by Gasteiger charge is -2.15. The van der Waals surface area contributed by atoms with Gasteiger partial charge in [0, 0.05) is 11.1 Å². The van der Waals surface area contributed by atoms with Gasteiger partial charge in [0.2, 0.25) is 0 Å². The summed E-state index contributed by atoms with van der Waals surface area (Å²) < 4.78 is 66.5. The maximum Gasteiger partial charge on any atom is 0.330 e. The molecule has 0 spiro atoms. The number of hydrogen-bond acceptors (Lipinski definition) is 2. The monoisotopic (exact) mass is 299 g/mol. The summed E-state index contributed by atoms with van der Waals surface area (Å²) in [7, 11) is 0. The molecule has 0 saturated carbocycles. The molecule has 0 amide bonds. The van der Waals surface area contributed by atoms with Gasteiger partial charge in [-0.15, -0.1) is 0 Å². The fourth-order valence-corrected chi connectivity index (χ4v) is 1.30. The minimum atomic E-state index is -4.25. The predicted octanol–water partition coefficient (Wildman–Crippen LogP) is 2.88. The van der Waals surface area contributed by atoms with Crippen molar-refractivity contribution in [1.29, 1.82) is 0 Å². The lowest BCUT2D eigenvalue weighted by molar-refractivity contribution is -0.168. The van der Waals surface area contributed by atoms with Gasteiger partial charge in [-0.2, -0.15) is 8.78 Å². The summed E-state index contributed by atoms with van der Waals surface area (Å²) in [6, 6.07) is 3.64. The first-order chi connectivity index (χ1) is 8.74. The van der Waals surface area contributed by atoms with E-state index >= 15 is 0 Å². The summed E-state index contributed by atoms with van der Waals surface area (Å²) in [5.41, 5.74) is 5.50. The first-order valence-corrected chi connectivity index (χ1v) is 5.47. The average molecular weight is 299 g/mol. The quantitative estimate of drug-likeness (QED) is 0.648. The number of halogens is 5. The highest BCUT2D eigenvalue weighted by Gasteiger charge is 2.40. The zero-order valence-corrected chi connectivity index (χ0v) is 10.3. The predicted molar refractivity (Wildman–Crippen MR) is 62.9 cm³/mol. The Hall–Kier alpha value is -1.28. The van der Waals surface area contributed by atoms with E-state index in [0.717, 1.165) is 6.07 Å². The Bertz CT molecular complexity index is 466. The van der Waals surface area contributed by atoms with Crippen LogP contribution in [0.15, 0.2) is 18.2 Å². The van der Waals surface area contributed by atoms with Crippen molar-refractivity contribution in [2.45, 2.75) is 19.0 Å². The van der Waals surface area contributed by atoms with Gasteiger partial charge in [-0.1, -0.05) is 24.4 Å². The highest BCUT2D eigenvalue weighted by Crippen LogP contribution is 2.23. The molecule has 0 bridgehead atoms. The first-order valence-electron chi connectivity index (χ1n) is 5.06. The van der Waals surface area contributed by atoms with E-state index < -0.39 is 31.4 Å². The van der Waals surface area contributed by atoms with Gasteiger partial charge in [0.25, 0.3) is 0 Å². The van der Waals surface area contributed by atoms with Crippen molar-refractivity contribution in [3.63, 3.8) is 0 Å². The molecular weight excluding hydrogens is 289 g/mol. The second-order valence-corrected chi connectivity index (χ2v) is 4.16. The van der Waals surface area contributed by atoms with Crippen molar-refractivity contribution in [3.8, 4) is 0 Å². The standard InChI is InChI=1S/C11H10F5NOS/c12-8-3-6(9(17)19)1-2-7(8)4-18-5-11(15,16)10(13)14/h1-3,10H,4-5H2,(H2,17,19). The lowest BCUT2D eigenvalue weighted by Crippen LogP contribution is -2.32. The Morgan fingerprint density at radius 3 is 2.47 bits per heavy atom. The third-order valence-electron chi connectivity index (χ3n) is 2.21. The van der Waals surface area contributed by atoms with Crippen molar-refractivity contribution < 1.29 is 26.7 Å². The number of rotatable bonds is 6. The molecular formula is C11H10F5NOS. The van der Waals surface area contributed by atoms with Gasteiger partial charge >= 0.3 is 12.3 Å². The molecule has 0 saturated heterocycles. The summed E-state index contributed by atoms with van der Waals surface area (Å²) in [5.74, 6) is -5.01. The molecule has 1 rings (SSSR count). The van der Waals surface area contributed by atoms with Gasteiger partial charge in [0.1, 0.15) is 17.4 Å². The third kappa shape index (κ3) is 4.39. The van der Waals surface area contributed by atoms with Gasteiger partial charge in [-0.3, -0.25) is 0 Å². The minimum Gasteiger partial charge on any atom is -0.389 e. The summed E-state index contributed by atoms with van der Waals surface area (Å²) in [6.07, 6.45) is -3.82. The van der Waals surface area contributed by atoms with Crippen molar-refractivity contribution in [2.24, 2.45) is 5.73 Å². The molecule has 0 fully saturated rings. The molecule has 0 aliphatic rings. The second kappa shape index (κ2) is 6.25. The Morgan fingerprint density at radius 2 is 2.00 bits per heavy atom. The molecule has 0 atom stereocenters. The fraction of sp³-hybridized carbons (Fsp3) is 0.364. The van der Waals surface area contributed by atoms with Crippen LogP contribution in [-0.4, -0.2) is 23.9 Å². The van der Waals surface area contributed by atoms with Crippen LogP contribution in [0.1, 0.15) is 11.1 Å². The number of alkyl halides is 4. The summed E-state index contributed by atoms with van der Waals surface area (Å²) in [5, 5.41) is 0. The van der Waals surface area contributed by atoms with Gasteiger partial charge in [-0.25, -0.2) is 13.2 Å². The third-order valence-corrected chi connectivity index (χ3v) is 2.44. The van der Waals surface area contributed by atoms with Gasteiger partial charge in [-0.05, 0) is 6.07 Å². The zero-order valence-electron chi connectivity index (χ0n) is 9.51. The Labute approximate surface area is 111 Å². The van der Waals surface area contributed by atoms with E-state index in [1.807, 2.05) is 0 Å². The molecule has 0 aliphatic carbocycles.